The quantitative estimate of drug-likeness (QED) is 0.0768. The second kappa shape index (κ2) is 28.8. The zero-order valence-corrected chi connectivity index (χ0v) is 57.0. The lowest BCUT2D eigenvalue weighted by molar-refractivity contribution is -0.138. The third kappa shape index (κ3) is 14.8. The Morgan fingerprint density at radius 3 is 1.07 bits per heavy atom. The fourth-order valence-corrected chi connectivity index (χ4v) is 18.7. The van der Waals surface area contributed by atoms with Crippen LogP contribution in [0, 0.1) is 52.1 Å². The summed E-state index contributed by atoms with van der Waals surface area (Å²) in [6.07, 6.45) is 3.50. The molecule has 0 aliphatic carbocycles. The van der Waals surface area contributed by atoms with Crippen LogP contribution in [0.25, 0.3) is 32.7 Å². The van der Waals surface area contributed by atoms with Crippen molar-refractivity contribution in [2.24, 2.45) is 0 Å². The van der Waals surface area contributed by atoms with Crippen LogP contribution in [0.5, 0.6) is 5.75 Å². The maximum atomic E-state index is 14.1. The van der Waals surface area contributed by atoms with Gasteiger partial charge in [0.15, 0.2) is 0 Å². The van der Waals surface area contributed by atoms with E-state index < -0.39 is 48.0 Å². The average Bonchev–Trinajstić information content (AvgIpc) is 1.61. The summed E-state index contributed by atoms with van der Waals surface area (Å²) < 4.78 is 136. The first kappa shape index (κ1) is 70.5. The summed E-state index contributed by atoms with van der Waals surface area (Å²) in [6, 6.07) is 33.4. The van der Waals surface area contributed by atoms with Crippen molar-refractivity contribution in [1.82, 2.24) is 26.6 Å². The molecular formula is C71H79F3N6O13S3. The van der Waals surface area contributed by atoms with Crippen LogP contribution in [-0.4, -0.2) is 130 Å². The Kier molecular flexibility index (Phi) is 21.1. The van der Waals surface area contributed by atoms with Crippen molar-refractivity contribution >= 4 is 80.7 Å². The standard InChI is InChI=1S/C25H29FN2O5S.2C23H25FN2O4S/c1-16(2)33-20-5-7-21(8-6-20)34(31,32)27-12-10-18(11-13-27)25-17(3)28(15-24(29)30)23-9-4-19(26)14-22(23)25;1-15-3-6-19(7-4-15)31(29,30)25-11-9-17(10-12-25)23-16(2)26(14-22(27)28)21-8-5-18(24)13-20(21)23;1-15-5-3-4-6-21(15)31(29,30)25-11-9-17(10-12-25)23-16(2)26(14-22(27)28)20-8-7-18(24)13-19(20)23/h4-9,14,16,18H,10-13,15H2,1-3H3,(H,29,30);2*3-8,13,17H,9-12,14H2,1-2H3,(H,27,28). The predicted molar refractivity (Wildman–Crippen MR) is 360 cm³/mol. The zero-order chi connectivity index (χ0) is 69.3. The zero-order valence-electron chi connectivity index (χ0n) is 54.5. The minimum atomic E-state index is -3.65. The molecule has 0 saturated carbocycles. The van der Waals surface area contributed by atoms with Crippen molar-refractivity contribution in [1.29, 1.82) is 0 Å². The normalized spacial score (nSPS) is 16.0. The Labute approximate surface area is 557 Å². The number of carbonyl (C=O) groups is 3. The highest BCUT2D eigenvalue weighted by molar-refractivity contribution is 7.89. The number of halogens is 3. The minimum absolute atomic E-state index is 0.000128. The minimum Gasteiger partial charge on any atom is -0.491 e. The fraction of sp³-hybridized carbons (Fsp3) is 0.366. The van der Waals surface area contributed by atoms with Gasteiger partial charge in [-0.25, -0.2) is 38.4 Å². The molecule has 0 amide bonds. The third-order valence-electron chi connectivity index (χ3n) is 18.7. The van der Waals surface area contributed by atoms with E-state index in [4.69, 9.17) is 4.74 Å². The highest BCUT2D eigenvalue weighted by atomic mass is 32.2. The van der Waals surface area contributed by atoms with Crippen molar-refractivity contribution in [2.75, 3.05) is 39.3 Å². The summed E-state index contributed by atoms with van der Waals surface area (Å²) in [5.41, 5.74) is 8.88. The molecule has 6 aromatic carbocycles. The lowest BCUT2D eigenvalue weighted by Crippen LogP contribution is -2.38. The number of benzene rings is 6. The van der Waals surface area contributed by atoms with Crippen molar-refractivity contribution in [2.45, 2.75) is 145 Å². The van der Waals surface area contributed by atoms with Crippen LogP contribution in [0.4, 0.5) is 13.2 Å². The number of rotatable bonds is 17. The molecule has 6 heterocycles. The first-order chi connectivity index (χ1) is 45.4. The molecule has 3 fully saturated rings. The van der Waals surface area contributed by atoms with E-state index in [0.717, 1.165) is 39.3 Å². The number of carboxylic acid groups (broad SMARTS) is 3. The molecule has 0 unspecified atom stereocenters. The lowest BCUT2D eigenvalue weighted by atomic mass is 9.88. The summed E-state index contributed by atoms with van der Waals surface area (Å²) >= 11 is 0. The van der Waals surface area contributed by atoms with Crippen molar-refractivity contribution in [3.8, 4) is 5.75 Å². The highest BCUT2D eigenvalue weighted by Crippen LogP contribution is 2.43. The van der Waals surface area contributed by atoms with Crippen LogP contribution in [0.15, 0.2) is 142 Å². The Balaban J connectivity index is 0.000000157. The average molecular weight is 1380 g/mol. The Hall–Kier alpha value is -8.33. The van der Waals surface area contributed by atoms with Crippen molar-refractivity contribution in [3.63, 3.8) is 0 Å². The maximum Gasteiger partial charge on any atom is 0.323 e. The molecule has 0 bridgehead atoms. The Morgan fingerprint density at radius 1 is 0.448 bits per heavy atom. The first-order valence-corrected chi connectivity index (χ1v) is 36.2. The van der Waals surface area contributed by atoms with Gasteiger partial charge in [-0.3, -0.25) is 14.4 Å². The van der Waals surface area contributed by atoms with Gasteiger partial charge >= 0.3 is 17.9 Å². The monoisotopic (exact) mass is 1380 g/mol. The van der Waals surface area contributed by atoms with Gasteiger partial charge in [-0.15, -0.1) is 0 Å². The van der Waals surface area contributed by atoms with Crippen LogP contribution in [0.3, 0.4) is 0 Å². The summed E-state index contributed by atoms with van der Waals surface area (Å²) in [4.78, 5) is 35.0. The van der Waals surface area contributed by atoms with Crippen LogP contribution in [-0.2, 0) is 64.1 Å². The Bertz CT molecular complexity index is 4760. The summed E-state index contributed by atoms with van der Waals surface area (Å²) in [5.74, 6) is -3.34. The fourth-order valence-electron chi connectivity index (χ4n) is 14.1. The van der Waals surface area contributed by atoms with Crippen LogP contribution >= 0.6 is 0 Å². The van der Waals surface area contributed by atoms with Gasteiger partial charge in [-0.05, 0) is 224 Å². The van der Waals surface area contributed by atoms with Gasteiger partial charge in [0.1, 0.15) is 42.8 Å². The van der Waals surface area contributed by atoms with E-state index >= 15 is 0 Å². The molecular weight excluding hydrogens is 1300 g/mol. The largest absolute Gasteiger partial charge is 0.491 e. The smallest absolute Gasteiger partial charge is 0.323 e. The van der Waals surface area contributed by atoms with E-state index in [9.17, 15) is 68.1 Å². The molecule has 0 radical (unpaired) electrons. The van der Waals surface area contributed by atoms with Crippen LogP contribution < -0.4 is 4.74 Å². The number of fused-ring (bicyclic) bond motifs is 3. The second-order valence-electron chi connectivity index (χ2n) is 25.2. The summed E-state index contributed by atoms with van der Waals surface area (Å²) in [7, 11) is -10.8. The number of aromatic nitrogens is 3. The SMILES string of the molecule is Cc1c(C2CCN(S(=O)(=O)c3ccc(OC(C)C)cc3)CC2)c2cc(F)ccc2n1CC(=O)O.Cc1ccc(S(=O)(=O)N2CCC(c3c(C)n(CC(=O)O)c4ccc(F)cc34)CC2)cc1.Cc1ccccc1S(=O)(=O)N1CCC(c2c(C)n(CC(=O)O)c3ccc(F)cc23)CC1. The van der Waals surface area contributed by atoms with Gasteiger partial charge in [0, 0.05) is 89.1 Å². The van der Waals surface area contributed by atoms with Gasteiger partial charge in [-0.1, -0.05) is 35.9 Å². The number of hydrogen-bond acceptors (Lipinski definition) is 10. The van der Waals surface area contributed by atoms with Crippen LogP contribution in [0.1, 0.15) is 115 Å². The molecule has 96 heavy (non-hydrogen) atoms. The highest BCUT2D eigenvalue weighted by Gasteiger charge is 2.37. The molecule has 12 rings (SSSR count). The van der Waals surface area contributed by atoms with Crippen molar-refractivity contribution < 1.29 is 72.9 Å². The summed E-state index contributed by atoms with van der Waals surface area (Å²) in [6.45, 7) is 14.6. The summed E-state index contributed by atoms with van der Waals surface area (Å²) in [5, 5.41) is 30.1. The van der Waals surface area contributed by atoms with E-state index in [1.807, 2.05) is 47.6 Å². The Morgan fingerprint density at radius 2 is 0.760 bits per heavy atom. The number of sulfonamides is 3. The van der Waals surface area contributed by atoms with E-state index in [0.29, 0.717) is 127 Å². The molecule has 0 spiro atoms. The number of piperidine rings is 3. The number of aryl methyl sites for hydroxylation is 2. The van der Waals surface area contributed by atoms with E-state index in [2.05, 4.69) is 0 Å². The molecule has 0 atom stereocenters. The van der Waals surface area contributed by atoms with Gasteiger partial charge in [0.05, 0.1) is 20.8 Å². The molecule has 19 nitrogen and oxygen atoms in total. The molecule has 3 N–H and O–H groups in total. The third-order valence-corrected chi connectivity index (χ3v) is 24.6. The molecule has 9 aromatic rings. The van der Waals surface area contributed by atoms with Crippen LogP contribution in [0.2, 0.25) is 0 Å². The van der Waals surface area contributed by atoms with Gasteiger partial charge in [-0.2, -0.15) is 12.9 Å². The van der Waals surface area contributed by atoms with E-state index in [1.54, 1.807) is 106 Å². The number of nitrogens with zero attached hydrogens (tertiary/aromatic N) is 6. The number of carboxylic acids is 3. The lowest BCUT2D eigenvalue weighted by Gasteiger charge is -2.32. The number of ether oxygens (including phenoxy) is 1. The van der Waals surface area contributed by atoms with E-state index in [1.165, 1.54) is 49.3 Å². The molecule has 3 aliphatic rings. The molecule has 3 aliphatic heterocycles. The topological polar surface area (TPSA) is 248 Å². The van der Waals surface area contributed by atoms with Crippen molar-refractivity contribution in [3.05, 3.63) is 190 Å². The number of hydrogen-bond donors (Lipinski definition) is 3. The maximum absolute atomic E-state index is 14.1. The first-order valence-electron chi connectivity index (χ1n) is 31.9. The molecule has 3 aromatic heterocycles. The van der Waals surface area contributed by atoms with Gasteiger partial charge in [0.2, 0.25) is 30.1 Å². The van der Waals surface area contributed by atoms with E-state index in [-0.39, 0.29) is 70.7 Å². The molecule has 3 saturated heterocycles. The predicted octanol–water partition coefficient (Wildman–Crippen LogP) is 12.6. The van der Waals surface area contributed by atoms with Gasteiger partial charge in [0.25, 0.3) is 0 Å². The molecule has 510 valence electrons. The second-order valence-corrected chi connectivity index (χ2v) is 31.0. The number of aliphatic carboxylic acids is 3. The van der Waals surface area contributed by atoms with Gasteiger partial charge < -0.3 is 33.8 Å². The molecule has 25 heteroatoms.